The maximum absolute atomic E-state index is 12.8. The van der Waals surface area contributed by atoms with Gasteiger partial charge in [0.15, 0.2) is 0 Å². The molecular formula is C19H26N4O3S. The topological polar surface area (TPSA) is 89.2 Å². The van der Waals surface area contributed by atoms with Gasteiger partial charge in [-0.1, -0.05) is 6.07 Å². The summed E-state index contributed by atoms with van der Waals surface area (Å²) in [5, 5.41) is 0. The molecule has 0 spiro atoms. The van der Waals surface area contributed by atoms with Gasteiger partial charge >= 0.3 is 0 Å². The Morgan fingerprint density at radius 1 is 1.37 bits per heavy atom. The Labute approximate surface area is 163 Å². The normalized spacial score (nSPS) is 23.2. The fraction of sp³-hybridized carbons (Fsp3) is 0.579. The zero-order valence-electron chi connectivity index (χ0n) is 15.4. The van der Waals surface area contributed by atoms with E-state index in [-0.39, 0.29) is 11.8 Å². The van der Waals surface area contributed by atoms with Crippen LogP contribution in [-0.2, 0) is 9.53 Å². The number of hydrogen-bond donors (Lipinski definition) is 2. The summed E-state index contributed by atoms with van der Waals surface area (Å²) in [7, 11) is 0. The molecule has 2 fully saturated rings. The minimum atomic E-state index is 0.124. The number of likely N-dealkylation sites (tertiary alicyclic amines) is 1. The van der Waals surface area contributed by atoms with Gasteiger partial charge in [0.1, 0.15) is 11.6 Å². The fourth-order valence-electron chi connectivity index (χ4n) is 3.98. The number of hydrogen-bond acceptors (Lipinski definition) is 7. The van der Waals surface area contributed by atoms with Crippen LogP contribution in [0, 0.1) is 11.8 Å². The highest BCUT2D eigenvalue weighted by Gasteiger charge is 2.30. The van der Waals surface area contributed by atoms with Gasteiger partial charge in [0.25, 0.3) is 0 Å². The number of benzene rings is 1. The first-order valence-electron chi connectivity index (χ1n) is 9.60. The highest BCUT2D eigenvalue weighted by molar-refractivity contribution is 7.99. The van der Waals surface area contributed by atoms with E-state index < -0.39 is 0 Å². The minimum absolute atomic E-state index is 0.124. The van der Waals surface area contributed by atoms with E-state index in [1.165, 1.54) is 12.1 Å². The molecule has 0 bridgehead atoms. The van der Waals surface area contributed by atoms with Crippen molar-refractivity contribution in [1.82, 2.24) is 4.90 Å². The van der Waals surface area contributed by atoms with Crippen molar-refractivity contribution in [1.29, 1.82) is 0 Å². The van der Waals surface area contributed by atoms with Gasteiger partial charge in [0.2, 0.25) is 5.91 Å². The van der Waals surface area contributed by atoms with Crippen LogP contribution in [0.1, 0.15) is 31.2 Å². The summed E-state index contributed by atoms with van der Waals surface area (Å²) in [6.45, 7) is 3.60. The van der Waals surface area contributed by atoms with Crippen LogP contribution < -0.4 is 15.2 Å². The summed E-state index contributed by atoms with van der Waals surface area (Å²) >= 11 is 1.22. The molecular weight excluding hydrogens is 364 g/mol. The Kier molecular flexibility index (Phi) is 5.73. The Morgan fingerprint density at radius 2 is 2.22 bits per heavy atom. The third kappa shape index (κ3) is 4.16. The number of amides is 1. The monoisotopic (exact) mass is 390 g/mol. The second-order valence-corrected chi connectivity index (χ2v) is 7.91. The van der Waals surface area contributed by atoms with Gasteiger partial charge in [-0.05, 0) is 37.8 Å². The molecule has 0 aromatic heterocycles. The first kappa shape index (κ1) is 18.4. The zero-order valence-corrected chi connectivity index (χ0v) is 16.2. The van der Waals surface area contributed by atoms with Crippen LogP contribution in [-0.4, -0.2) is 49.6 Å². The molecule has 1 amide bonds. The second kappa shape index (κ2) is 8.39. The number of amidine groups is 1. The summed E-state index contributed by atoms with van der Waals surface area (Å²) in [5.41, 5.74) is 7.79. The van der Waals surface area contributed by atoms with E-state index in [4.69, 9.17) is 15.2 Å². The van der Waals surface area contributed by atoms with E-state index in [9.17, 15) is 4.79 Å². The molecule has 7 nitrogen and oxygen atoms in total. The summed E-state index contributed by atoms with van der Waals surface area (Å²) < 4.78 is 18.8. The van der Waals surface area contributed by atoms with Crippen molar-refractivity contribution in [3.63, 3.8) is 0 Å². The number of ether oxygens (including phenoxy) is 2. The van der Waals surface area contributed by atoms with Crippen molar-refractivity contribution in [2.75, 3.05) is 37.6 Å². The summed E-state index contributed by atoms with van der Waals surface area (Å²) in [6, 6.07) is 5.83. The third-order valence-electron chi connectivity index (χ3n) is 5.46. The van der Waals surface area contributed by atoms with Crippen molar-refractivity contribution in [3.8, 4) is 5.75 Å². The number of nitrogens with one attached hydrogen (secondary N) is 1. The lowest BCUT2D eigenvalue weighted by Crippen LogP contribution is -2.45. The van der Waals surface area contributed by atoms with Crippen molar-refractivity contribution < 1.29 is 14.3 Å². The quantitative estimate of drug-likeness (QED) is 0.768. The number of nitrogens with two attached hydrogens (primary N) is 1. The van der Waals surface area contributed by atoms with Gasteiger partial charge in [-0.15, -0.1) is 0 Å². The van der Waals surface area contributed by atoms with Gasteiger partial charge in [-0.2, -0.15) is 4.40 Å². The van der Waals surface area contributed by atoms with Gasteiger partial charge in [-0.3, -0.25) is 4.79 Å². The maximum Gasteiger partial charge on any atom is 0.225 e. The number of piperidine rings is 1. The number of carbonyl (C=O) groups excluding carboxylic acids is 1. The molecule has 0 unspecified atom stereocenters. The van der Waals surface area contributed by atoms with Crippen LogP contribution in [0.4, 0.5) is 5.69 Å². The first-order chi connectivity index (χ1) is 13.2. The van der Waals surface area contributed by atoms with Gasteiger partial charge in [0.05, 0.1) is 30.0 Å². The molecule has 1 aromatic rings. The van der Waals surface area contributed by atoms with Crippen molar-refractivity contribution in [3.05, 3.63) is 23.8 Å². The molecule has 1 aromatic carbocycles. The molecule has 3 aliphatic heterocycles. The van der Waals surface area contributed by atoms with E-state index in [2.05, 4.69) is 9.12 Å². The highest BCUT2D eigenvalue weighted by Crippen LogP contribution is 2.33. The molecule has 0 aliphatic carbocycles. The van der Waals surface area contributed by atoms with Crippen LogP contribution in [0.2, 0.25) is 0 Å². The molecule has 3 aliphatic rings. The van der Waals surface area contributed by atoms with Crippen LogP contribution in [0.5, 0.6) is 5.75 Å². The van der Waals surface area contributed by atoms with Crippen LogP contribution in [0.3, 0.4) is 0 Å². The second-order valence-electron chi connectivity index (χ2n) is 7.34. The Morgan fingerprint density at radius 3 is 3.07 bits per heavy atom. The van der Waals surface area contributed by atoms with E-state index in [0.717, 1.165) is 55.8 Å². The lowest BCUT2D eigenvalue weighted by atomic mass is 9.94. The Balaban J connectivity index is 1.37. The van der Waals surface area contributed by atoms with Crippen molar-refractivity contribution in [2.24, 2.45) is 22.0 Å². The first-order valence-corrected chi connectivity index (χ1v) is 10.4. The lowest BCUT2D eigenvalue weighted by Gasteiger charge is -2.36. The number of fused-ring (bicyclic) bond motifs is 1. The van der Waals surface area contributed by atoms with Crippen LogP contribution >= 0.6 is 12.1 Å². The SMILES string of the molecule is NC1=NSNc2cccc(OC[C@H]3CCCN(C(=O)C4CCOCC4)C3)c21. The predicted molar refractivity (Wildman–Crippen MR) is 107 cm³/mol. The number of carbonyl (C=O) groups is 1. The minimum Gasteiger partial charge on any atom is -0.492 e. The summed E-state index contributed by atoms with van der Waals surface area (Å²) in [5.74, 6) is 1.97. The number of rotatable bonds is 4. The average Bonchev–Trinajstić information content (AvgIpc) is 2.72. The lowest BCUT2D eigenvalue weighted by molar-refractivity contribution is -0.140. The smallest absolute Gasteiger partial charge is 0.225 e. The molecule has 146 valence electrons. The molecule has 27 heavy (non-hydrogen) atoms. The molecule has 2 saturated heterocycles. The summed E-state index contributed by atoms with van der Waals surface area (Å²) in [4.78, 5) is 14.8. The predicted octanol–water partition coefficient (Wildman–Crippen LogP) is 2.42. The molecule has 1 atom stereocenters. The fourth-order valence-corrected chi connectivity index (χ4v) is 4.48. The Hall–Kier alpha value is -1.93. The molecule has 4 rings (SSSR count). The van der Waals surface area contributed by atoms with E-state index >= 15 is 0 Å². The molecule has 8 heteroatoms. The molecule has 3 heterocycles. The molecule has 0 saturated carbocycles. The number of nitrogens with zero attached hydrogens (tertiary/aromatic N) is 2. The van der Waals surface area contributed by atoms with Crippen LogP contribution in [0.25, 0.3) is 0 Å². The van der Waals surface area contributed by atoms with E-state index in [0.29, 0.717) is 31.6 Å². The van der Waals surface area contributed by atoms with Crippen molar-refractivity contribution in [2.45, 2.75) is 25.7 Å². The van der Waals surface area contributed by atoms with Gasteiger partial charge in [-0.25, -0.2) is 0 Å². The van der Waals surface area contributed by atoms with Gasteiger partial charge < -0.3 is 24.8 Å². The van der Waals surface area contributed by atoms with Crippen LogP contribution in [0.15, 0.2) is 22.6 Å². The molecule has 3 N–H and O–H groups in total. The van der Waals surface area contributed by atoms with E-state index in [1.54, 1.807) is 0 Å². The Bertz CT molecular complexity index is 721. The highest BCUT2D eigenvalue weighted by atomic mass is 32.2. The maximum atomic E-state index is 12.8. The standard InChI is InChI=1S/C19H26N4O3S/c20-18-17-15(21-27-22-18)4-1-5-16(17)26-12-13-3-2-8-23(11-13)19(24)14-6-9-25-10-7-14/h1,4-5,13-14,21H,2-3,6-12H2,(H2,20,22)/t13-/m0/s1. The summed E-state index contributed by atoms with van der Waals surface area (Å²) in [6.07, 6.45) is 3.79. The van der Waals surface area contributed by atoms with Crippen molar-refractivity contribution >= 4 is 29.6 Å². The average molecular weight is 391 g/mol. The number of anilines is 1. The molecule has 0 radical (unpaired) electrons. The van der Waals surface area contributed by atoms with Gasteiger partial charge in [0, 0.05) is 38.1 Å². The zero-order chi connectivity index (χ0) is 18.6. The largest absolute Gasteiger partial charge is 0.492 e. The van der Waals surface area contributed by atoms with E-state index in [1.807, 2.05) is 23.1 Å². The third-order valence-corrected chi connectivity index (χ3v) is 6.06.